The smallest absolute Gasteiger partial charge is 0.144 e. The van der Waals surface area contributed by atoms with Crippen LogP contribution in [0.5, 0.6) is 0 Å². The molecule has 0 aromatic heterocycles. The van der Waals surface area contributed by atoms with Gasteiger partial charge in [0.1, 0.15) is 5.78 Å². The Morgan fingerprint density at radius 2 is 1.88 bits per heavy atom. The van der Waals surface area contributed by atoms with Gasteiger partial charge in [-0.2, -0.15) is 0 Å². The van der Waals surface area contributed by atoms with Gasteiger partial charge in [0.25, 0.3) is 0 Å². The fourth-order valence-electron chi connectivity index (χ4n) is 3.59. The number of carbonyl (C=O) groups excluding carboxylic acids is 1. The minimum absolute atomic E-state index is 0.142. The van der Waals surface area contributed by atoms with Crippen LogP contribution < -0.4 is 0 Å². The SMILES string of the molecule is CCC1(CC)C(=O)CC1OC1CCCCC1C. The number of hydrogen-bond donors (Lipinski definition) is 0. The summed E-state index contributed by atoms with van der Waals surface area (Å²) in [4.78, 5) is 11.9. The van der Waals surface area contributed by atoms with Gasteiger partial charge in [-0.1, -0.05) is 33.6 Å². The van der Waals surface area contributed by atoms with E-state index in [9.17, 15) is 4.79 Å². The van der Waals surface area contributed by atoms with Crippen molar-refractivity contribution in [1.29, 1.82) is 0 Å². The zero-order valence-electron chi connectivity index (χ0n) is 11.5. The van der Waals surface area contributed by atoms with Crippen LogP contribution in [0.3, 0.4) is 0 Å². The molecule has 17 heavy (non-hydrogen) atoms. The summed E-state index contributed by atoms with van der Waals surface area (Å²) in [5.74, 6) is 1.10. The summed E-state index contributed by atoms with van der Waals surface area (Å²) >= 11 is 0. The fourth-order valence-corrected chi connectivity index (χ4v) is 3.59. The standard InChI is InChI=1S/C15H26O2/c1-4-15(5-2)13(16)10-14(15)17-12-9-7-6-8-11(12)3/h11-12,14H,4-10H2,1-3H3. The Bertz CT molecular complexity index is 281. The first kappa shape index (κ1) is 13.1. The molecule has 0 saturated heterocycles. The number of rotatable bonds is 4. The third kappa shape index (κ3) is 2.16. The van der Waals surface area contributed by atoms with Crippen LogP contribution in [0.1, 0.15) is 65.7 Å². The zero-order chi connectivity index (χ0) is 12.5. The third-order valence-electron chi connectivity index (χ3n) is 5.18. The number of carbonyl (C=O) groups is 1. The van der Waals surface area contributed by atoms with Crippen molar-refractivity contribution < 1.29 is 9.53 Å². The van der Waals surface area contributed by atoms with E-state index in [1.165, 1.54) is 25.7 Å². The van der Waals surface area contributed by atoms with Gasteiger partial charge in [-0.05, 0) is 31.6 Å². The summed E-state index contributed by atoms with van der Waals surface area (Å²) in [5.41, 5.74) is -0.142. The van der Waals surface area contributed by atoms with Gasteiger partial charge in [0.15, 0.2) is 0 Å². The molecule has 2 aliphatic rings. The minimum atomic E-state index is -0.142. The lowest BCUT2D eigenvalue weighted by Gasteiger charge is -2.49. The molecule has 3 unspecified atom stereocenters. The average Bonchev–Trinajstić information content (AvgIpc) is 2.33. The number of ketones is 1. The van der Waals surface area contributed by atoms with Crippen molar-refractivity contribution >= 4 is 5.78 Å². The zero-order valence-corrected chi connectivity index (χ0v) is 11.5. The van der Waals surface area contributed by atoms with Crippen LogP contribution in [0.4, 0.5) is 0 Å². The van der Waals surface area contributed by atoms with Crippen molar-refractivity contribution in [3.8, 4) is 0 Å². The maximum Gasteiger partial charge on any atom is 0.144 e. The summed E-state index contributed by atoms with van der Waals surface area (Å²) in [6, 6.07) is 0. The summed E-state index contributed by atoms with van der Waals surface area (Å²) < 4.78 is 6.29. The molecule has 0 bridgehead atoms. The summed E-state index contributed by atoms with van der Waals surface area (Å²) in [7, 11) is 0. The lowest BCUT2D eigenvalue weighted by atomic mass is 9.61. The first-order valence-corrected chi connectivity index (χ1v) is 7.32. The van der Waals surface area contributed by atoms with Gasteiger partial charge in [0.05, 0.1) is 17.6 Å². The van der Waals surface area contributed by atoms with Crippen LogP contribution in [0.25, 0.3) is 0 Å². The van der Waals surface area contributed by atoms with E-state index in [1.807, 2.05) is 0 Å². The molecular formula is C15H26O2. The maximum atomic E-state index is 11.9. The van der Waals surface area contributed by atoms with E-state index in [0.29, 0.717) is 24.2 Å². The Balaban J connectivity index is 1.97. The Labute approximate surface area is 105 Å². The highest BCUT2D eigenvalue weighted by Gasteiger charge is 2.53. The van der Waals surface area contributed by atoms with Gasteiger partial charge in [0.2, 0.25) is 0 Å². The minimum Gasteiger partial charge on any atom is -0.373 e. The Morgan fingerprint density at radius 1 is 1.24 bits per heavy atom. The van der Waals surface area contributed by atoms with Gasteiger partial charge in [-0.25, -0.2) is 0 Å². The molecule has 3 atom stereocenters. The summed E-state index contributed by atoms with van der Waals surface area (Å²) in [6.07, 6.45) is 8.26. The Kier molecular flexibility index (Phi) is 3.92. The lowest BCUT2D eigenvalue weighted by molar-refractivity contribution is -0.180. The van der Waals surface area contributed by atoms with E-state index < -0.39 is 0 Å². The fraction of sp³-hybridized carbons (Fsp3) is 0.933. The van der Waals surface area contributed by atoms with Crippen molar-refractivity contribution in [2.45, 2.75) is 77.9 Å². The quantitative estimate of drug-likeness (QED) is 0.746. The van der Waals surface area contributed by atoms with Crippen LogP contribution in [0.2, 0.25) is 0 Å². The molecular weight excluding hydrogens is 212 g/mol. The molecule has 0 aliphatic heterocycles. The van der Waals surface area contributed by atoms with Crippen LogP contribution in [-0.2, 0) is 9.53 Å². The molecule has 2 saturated carbocycles. The van der Waals surface area contributed by atoms with E-state index in [4.69, 9.17) is 4.74 Å². The van der Waals surface area contributed by atoms with Crippen LogP contribution in [0.15, 0.2) is 0 Å². The van der Waals surface area contributed by atoms with Crippen molar-refractivity contribution in [3.63, 3.8) is 0 Å². The second-order valence-corrected chi connectivity index (χ2v) is 5.92. The van der Waals surface area contributed by atoms with Crippen LogP contribution >= 0.6 is 0 Å². The summed E-state index contributed by atoms with van der Waals surface area (Å²) in [5, 5.41) is 0. The first-order chi connectivity index (χ1) is 8.14. The molecule has 0 radical (unpaired) electrons. The molecule has 2 fully saturated rings. The van der Waals surface area contributed by atoms with Crippen molar-refractivity contribution in [3.05, 3.63) is 0 Å². The summed E-state index contributed by atoms with van der Waals surface area (Å²) in [6.45, 7) is 6.55. The topological polar surface area (TPSA) is 26.3 Å². The van der Waals surface area contributed by atoms with Crippen molar-refractivity contribution in [1.82, 2.24) is 0 Å². The predicted molar refractivity (Wildman–Crippen MR) is 68.9 cm³/mol. The van der Waals surface area contributed by atoms with Gasteiger partial charge in [-0.3, -0.25) is 4.79 Å². The van der Waals surface area contributed by atoms with E-state index in [2.05, 4.69) is 20.8 Å². The molecule has 0 aromatic carbocycles. The maximum absolute atomic E-state index is 11.9. The first-order valence-electron chi connectivity index (χ1n) is 7.32. The second kappa shape index (κ2) is 5.09. The predicted octanol–water partition coefficient (Wildman–Crippen LogP) is 3.73. The molecule has 2 nitrogen and oxygen atoms in total. The van der Waals surface area contributed by atoms with Gasteiger partial charge < -0.3 is 4.74 Å². The molecule has 2 heteroatoms. The Morgan fingerprint density at radius 3 is 2.41 bits per heavy atom. The van der Waals surface area contributed by atoms with E-state index in [0.717, 1.165) is 12.8 Å². The van der Waals surface area contributed by atoms with Crippen molar-refractivity contribution in [2.24, 2.45) is 11.3 Å². The molecule has 98 valence electrons. The number of hydrogen-bond acceptors (Lipinski definition) is 2. The number of ether oxygens (including phenoxy) is 1. The second-order valence-electron chi connectivity index (χ2n) is 5.92. The lowest BCUT2D eigenvalue weighted by Crippen LogP contribution is -2.56. The molecule has 0 amide bonds. The highest BCUT2D eigenvalue weighted by molar-refractivity contribution is 5.92. The van der Waals surface area contributed by atoms with Gasteiger partial charge in [-0.15, -0.1) is 0 Å². The Hall–Kier alpha value is -0.370. The monoisotopic (exact) mass is 238 g/mol. The largest absolute Gasteiger partial charge is 0.373 e. The van der Waals surface area contributed by atoms with Crippen molar-refractivity contribution in [2.75, 3.05) is 0 Å². The van der Waals surface area contributed by atoms with E-state index in [-0.39, 0.29) is 11.5 Å². The van der Waals surface area contributed by atoms with Crippen LogP contribution in [-0.4, -0.2) is 18.0 Å². The normalized spacial score (nSPS) is 36.6. The number of Topliss-reactive ketones (excluding diaryl/α,β-unsaturated/α-hetero) is 1. The molecule has 2 aliphatic carbocycles. The van der Waals surface area contributed by atoms with Gasteiger partial charge >= 0.3 is 0 Å². The third-order valence-corrected chi connectivity index (χ3v) is 5.18. The van der Waals surface area contributed by atoms with E-state index in [1.54, 1.807) is 0 Å². The van der Waals surface area contributed by atoms with Gasteiger partial charge in [0, 0.05) is 6.42 Å². The average molecular weight is 238 g/mol. The molecule has 2 rings (SSSR count). The van der Waals surface area contributed by atoms with Crippen LogP contribution in [0, 0.1) is 11.3 Å². The highest BCUT2D eigenvalue weighted by atomic mass is 16.5. The molecule has 0 heterocycles. The molecule has 0 N–H and O–H groups in total. The molecule has 0 spiro atoms. The highest BCUT2D eigenvalue weighted by Crippen LogP contribution is 2.47. The van der Waals surface area contributed by atoms with E-state index >= 15 is 0 Å². The molecule has 0 aromatic rings.